The summed E-state index contributed by atoms with van der Waals surface area (Å²) in [5, 5.41) is 9.23. The summed E-state index contributed by atoms with van der Waals surface area (Å²) in [5.74, 6) is 0.108. The molecule has 4 heteroatoms. The summed E-state index contributed by atoms with van der Waals surface area (Å²) in [6.45, 7) is 7.05. The van der Waals surface area contributed by atoms with Gasteiger partial charge in [-0.3, -0.25) is 9.69 Å². The molecule has 0 aliphatic carbocycles. The molecule has 1 aliphatic rings. The molecule has 0 aromatic heterocycles. The molecular formula is C17H23N3O. The maximum atomic E-state index is 12.5. The molecule has 112 valence electrons. The fraction of sp³-hybridized carbons (Fsp3) is 0.529. The molecule has 1 unspecified atom stereocenters. The van der Waals surface area contributed by atoms with Crippen LogP contribution in [0.4, 0.5) is 0 Å². The molecule has 21 heavy (non-hydrogen) atoms. The predicted octanol–water partition coefficient (Wildman–Crippen LogP) is 2.45. The third kappa shape index (κ3) is 3.62. The third-order valence-corrected chi connectivity index (χ3v) is 4.13. The van der Waals surface area contributed by atoms with Gasteiger partial charge < -0.3 is 4.90 Å². The van der Waals surface area contributed by atoms with E-state index in [9.17, 15) is 10.1 Å². The van der Waals surface area contributed by atoms with Crippen LogP contribution in [-0.2, 0) is 0 Å². The summed E-state index contributed by atoms with van der Waals surface area (Å²) in [6, 6.07) is 10.1. The van der Waals surface area contributed by atoms with Crippen LogP contribution in [0.2, 0.25) is 0 Å². The average molecular weight is 285 g/mol. The summed E-state index contributed by atoms with van der Waals surface area (Å²) >= 11 is 0. The van der Waals surface area contributed by atoms with E-state index in [0.29, 0.717) is 13.1 Å². The Hall–Kier alpha value is -1.86. The second kappa shape index (κ2) is 7.24. The first kappa shape index (κ1) is 15.5. The first-order chi connectivity index (χ1) is 10.2. The molecule has 1 fully saturated rings. The van der Waals surface area contributed by atoms with Crippen molar-refractivity contribution in [3.63, 3.8) is 0 Å². The molecule has 4 nitrogen and oxygen atoms in total. The van der Waals surface area contributed by atoms with Gasteiger partial charge in [-0.1, -0.05) is 31.5 Å². The van der Waals surface area contributed by atoms with Gasteiger partial charge in [-0.05, 0) is 25.0 Å². The van der Waals surface area contributed by atoms with E-state index in [1.165, 1.54) is 0 Å². The van der Waals surface area contributed by atoms with Crippen LogP contribution in [0.1, 0.15) is 35.7 Å². The molecule has 0 spiro atoms. The van der Waals surface area contributed by atoms with E-state index < -0.39 is 0 Å². The van der Waals surface area contributed by atoms with Crippen molar-refractivity contribution < 1.29 is 4.79 Å². The Morgan fingerprint density at radius 3 is 2.52 bits per heavy atom. The number of hydrogen-bond acceptors (Lipinski definition) is 3. The maximum absolute atomic E-state index is 12.5. The van der Waals surface area contributed by atoms with Crippen molar-refractivity contribution in [1.29, 1.82) is 5.26 Å². The first-order valence-electron chi connectivity index (χ1n) is 7.66. The number of carbonyl (C=O) groups is 1. The van der Waals surface area contributed by atoms with Gasteiger partial charge >= 0.3 is 0 Å². The fourth-order valence-corrected chi connectivity index (χ4v) is 2.82. The van der Waals surface area contributed by atoms with Gasteiger partial charge in [0.25, 0.3) is 5.91 Å². The molecule has 1 amide bonds. The maximum Gasteiger partial charge on any atom is 0.254 e. The zero-order valence-corrected chi connectivity index (χ0v) is 12.9. The molecule has 1 saturated heterocycles. The molecule has 1 heterocycles. The van der Waals surface area contributed by atoms with E-state index in [1.807, 2.05) is 36.1 Å². The van der Waals surface area contributed by atoms with Gasteiger partial charge in [0.1, 0.15) is 0 Å². The topological polar surface area (TPSA) is 47.3 Å². The molecule has 1 aromatic carbocycles. The van der Waals surface area contributed by atoms with Gasteiger partial charge in [-0.25, -0.2) is 0 Å². The van der Waals surface area contributed by atoms with Crippen molar-refractivity contribution in [2.24, 2.45) is 0 Å². The van der Waals surface area contributed by atoms with E-state index in [2.05, 4.69) is 17.9 Å². The average Bonchev–Trinajstić information content (AvgIpc) is 2.52. The number of nitrogens with zero attached hydrogens (tertiary/aromatic N) is 3. The highest BCUT2D eigenvalue weighted by Crippen LogP contribution is 2.15. The predicted molar refractivity (Wildman–Crippen MR) is 83.0 cm³/mol. The van der Waals surface area contributed by atoms with E-state index in [4.69, 9.17) is 0 Å². The standard InChI is InChI=1S/C17H23N3O/c1-3-6-15(13-18)19-9-11-20(12-10-19)17(21)16-8-5-4-7-14(16)2/h4-5,7-8,15H,3,6,9-12H2,1-2H3. The van der Waals surface area contributed by atoms with Crippen molar-refractivity contribution in [1.82, 2.24) is 9.80 Å². The zero-order valence-electron chi connectivity index (χ0n) is 12.9. The van der Waals surface area contributed by atoms with Gasteiger partial charge in [0.2, 0.25) is 0 Å². The summed E-state index contributed by atoms with van der Waals surface area (Å²) in [4.78, 5) is 16.6. The lowest BCUT2D eigenvalue weighted by Gasteiger charge is -2.37. The third-order valence-electron chi connectivity index (χ3n) is 4.13. The van der Waals surface area contributed by atoms with E-state index in [0.717, 1.165) is 37.1 Å². The molecule has 1 atom stereocenters. The minimum Gasteiger partial charge on any atom is -0.336 e. The van der Waals surface area contributed by atoms with Crippen LogP contribution in [0, 0.1) is 18.3 Å². The Morgan fingerprint density at radius 1 is 1.29 bits per heavy atom. The number of hydrogen-bond donors (Lipinski definition) is 0. The van der Waals surface area contributed by atoms with Crippen molar-refractivity contribution >= 4 is 5.91 Å². The van der Waals surface area contributed by atoms with Crippen LogP contribution in [0.15, 0.2) is 24.3 Å². The monoisotopic (exact) mass is 285 g/mol. The van der Waals surface area contributed by atoms with E-state index in [1.54, 1.807) is 0 Å². The van der Waals surface area contributed by atoms with Crippen LogP contribution in [0.25, 0.3) is 0 Å². The second-order valence-electron chi connectivity index (χ2n) is 5.58. The van der Waals surface area contributed by atoms with Gasteiger partial charge in [-0.15, -0.1) is 0 Å². The van der Waals surface area contributed by atoms with E-state index >= 15 is 0 Å². The Bertz CT molecular complexity index is 527. The number of benzene rings is 1. The molecule has 1 aliphatic heterocycles. The molecule has 1 aromatic rings. The van der Waals surface area contributed by atoms with Crippen LogP contribution in [0.5, 0.6) is 0 Å². The number of carbonyl (C=O) groups excluding carboxylic acids is 1. The minimum absolute atomic E-state index is 0.00860. The van der Waals surface area contributed by atoms with Crippen molar-refractivity contribution in [2.45, 2.75) is 32.7 Å². The number of amides is 1. The van der Waals surface area contributed by atoms with Crippen molar-refractivity contribution in [3.05, 3.63) is 35.4 Å². The SMILES string of the molecule is CCCC(C#N)N1CCN(C(=O)c2ccccc2C)CC1. The Labute approximate surface area is 127 Å². The van der Waals surface area contributed by atoms with Gasteiger partial charge in [0.05, 0.1) is 12.1 Å². The molecule has 0 N–H and O–H groups in total. The van der Waals surface area contributed by atoms with Crippen LogP contribution in [0.3, 0.4) is 0 Å². The highest BCUT2D eigenvalue weighted by atomic mass is 16.2. The fourth-order valence-electron chi connectivity index (χ4n) is 2.82. The van der Waals surface area contributed by atoms with Crippen LogP contribution in [-0.4, -0.2) is 47.9 Å². The lowest BCUT2D eigenvalue weighted by Crippen LogP contribution is -2.51. The second-order valence-corrected chi connectivity index (χ2v) is 5.58. The molecule has 0 saturated carbocycles. The van der Waals surface area contributed by atoms with Crippen molar-refractivity contribution in [3.8, 4) is 6.07 Å². The molecule has 0 bridgehead atoms. The number of aryl methyl sites for hydroxylation is 1. The Morgan fingerprint density at radius 2 is 1.95 bits per heavy atom. The quantitative estimate of drug-likeness (QED) is 0.853. The lowest BCUT2D eigenvalue weighted by atomic mass is 10.1. The smallest absolute Gasteiger partial charge is 0.254 e. The number of piperazine rings is 1. The van der Waals surface area contributed by atoms with Gasteiger partial charge in [0.15, 0.2) is 0 Å². The van der Waals surface area contributed by atoms with Gasteiger partial charge in [-0.2, -0.15) is 5.26 Å². The lowest BCUT2D eigenvalue weighted by molar-refractivity contribution is 0.0600. The summed E-state index contributed by atoms with van der Waals surface area (Å²) in [6.07, 6.45) is 1.92. The first-order valence-corrected chi connectivity index (χ1v) is 7.66. The van der Waals surface area contributed by atoms with Crippen LogP contribution >= 0.6 is 0 Å². The highest BCUT2D eigenvalue weighted by Gasteiger charge is 2.26. The minimum atomic E-state index is -0.00860. The summed E-state index contributed by atoms with van der Waals surface area (Å²) in [5.41, 5.74) is 1.81. The Balaban J connectivity index is 1.97. The number of nitriles is 1. The summed E-state index contributed by atoms with van der Waals surface area (Å²) < 4.78 is 0. The highest BCUT2D eigenvalue weighted by molar-refractivity contribution is 5.95. The zero-order chi connectivity index (χ0) is 15.2. The largest absolute Gasteiger partial charge is 0.336 e. The molecule has 2 rings (SSSR count). The summed E-state index contributed by atoms with van der Waals surface area (Å²) in [7, 11) is 0. The van der Waals surface area contributed by atoms with Crippen molar-refractivity contribution in [2.75, 3.05) is 26.2 Å². The molecular weight excluding hydrogens is 262 g/mol. The van der Waals surface area contributed by atoms with Crippen LogP contribution < -0.4 is 0 Å². The number of rotatable bonds is 4. The van der Waals surface area contributed by atoms with Gasteiger partial charge in [0, 0.05) is 31.7 Å². The van der Waals surface area contributed by atoms with E-state index in [-0.39, 0.29) is 11.9 Å². The Kier molecular flexibility index (Phi) is 5.35. The molecule has 0 radical (unpaired) electrons. The normalized spacial score (nSPS) is 17.3.